The summed E-state index contributed by atoms with van der Waals surface area (Å²) in [4.78, 5) is 5.18. The Balaban J connectivity index is 1.64. The molecule has 3 heteroatoms. The number of hydrogen-bond acceptors (Lipinski definition) is 3. The van der Waals surface area contributed by atoms with Crippen LogP contribution in [0.5, 0.6) is 5.75 Å². The van der Waals surface area contributed by atoms with Crippen molar-refractivity contribution >= 4 is 16.5 Å². The molecule has 2 unspecified atom stereocenters. The first-order valence-corrected chi connectivity index (χ1v) is 8.29. The average Bonchev–Trinajstić information content (AvgIpc) is 2.53. The maximum atomic E-state index is 5.31. The van der Waals surface area contributed by atoms with E-state index in [0.29, 0.717) is 0 Å². The van der Waals surface area contributed by atoms with Gasteiger partial charge >= 0.3 is 0 Å². The van der Waals surface area contributed by atoms with Gasteiger partial charge in [0.25, 0.3) is 0 Å². The van der Waals surface area contributed by atoms with Gasteiger partial charge in [-0.25, -0.2) is 0 Å². The lowest BCUT2D eigenvalue weighted by atomic mass is 9.91. The van der Waals surface area contributed by atoms with Crippen molar-refractivity contribution in [2.24, 2.45) is 0 Å². The number of benzene rings is 2. The molecule has 0 aromatic heterocycles. The van der Waals surface area contributed by atoms with Crippen molar-refractivity contribution in [2.75, 3.05) is 32.1 Å². The van der Waals surface area contributed by atoms with E-state index in [1.807, 2.05) is 6.07 Å². The number of hydrogen-bond donors (Lipinski definition) is 0. The minimum Gasteiger partial charge on any atom is -0.497 e. The van der Waals surface area contributed by atoms with E-state index in [1.165, 1.54) is 35.7 Å². The van der Waals surface area contributed by atoms with Gasteiger partial charge in [-0.15, -0.1) is 0 Å². The number of piperazine rings is 1. The van der Waals surface area contributed by atoms with Crippen molar-refractivity contribution in [1.82, 2.24) is 4.90 Å². The van der Waals surface area contributed by atoms with Gasteiger partial charge in [-0.2, -0.15) is 0 Å². The molecule has 2 saturated heterocycles. The molecule has 3 nitrogen and oxygen atoms in total. The predicted octanol–water partition coefficient (Wildman–Crippen LogP) is 3.52. The van der Waals surface area contributed by atoms with Gasteiger partial charge in [0.1, 0.15) is 5.75 Å². The lowest BCUT2D eigenvalue weighted by molar-refractivity contribution is 0.0951. The van der Waals surface area contributed by atoms with Gasteiger partial charge in [-0.1, -0.05) is 18.6 Å². The van der Waals surface area contributed by atoms with Gasteiger partial charge < -0.3 is 9.64 Å². The fourth-order valence-corrected chi connectivity index (χ4v) is 4.06. The molecule has 0 amide bonds. The Kier molecular flexibility index (Phi) is 3.45. The second-order valence-electron chi connectivity index (χ2n) is 6.71. The summed E-state index contributed by atoms with van der Waals surface area (Å²) in [7, 11) is 4.02. The minimum absolute atomic E-state index is 0.721. The van der Waals surface area contributed by atoms with Crippen LogP contribution in [-0.4, -0.2) is 44.2 Å². The minimum atomic E-state index is 0.721. The van der Waals surface area contributed by atoms with Crippen LogP contribution in [0.1, 0.15) is 19.3 Å². The van der Waals surface area contributed by atoms with E-state index in [9.17, 15) is 0 Å². The van der Waals surface area contributed by atoms with E-state index < -0.39 is 0 Å². The van der Waals surface area contributed by atoms with Gasteiger partial charge in [0.05, 0.1) is 7.11 Å². The predicted molar refractivity (Wildman–Crippen MR) is 91.9 cm³/mol. The number of ether oxygens (including phenoxy) is 1. The second kappa shape index (κ2) is 5.47. The van der Waals surface area contributed by atoms with Gasteiger partial charge in [0.15, 0.2) is 0 Å². The molecule has 2 heterocycles. The molecule has 2 bridgehead atoms. The lowest BCUT2D eigenvalue weighted by Crippen LogP contribution is -2.59. The molecule has 0 saturated carbocycles. The molecule has 4 rings (SSSR count). The van der Waals surface area contributed by atoms with Crippen molar-refractivity contribution in [2.45, 2.75) is 31.3 Å². The first-order valence-electron chi connectivity index (χ1n) is 8.29. The molecule has 2 aliphatic heterocycles. The highest BCUT2D eigenvalue weighted by molar-refractivity contribution is 5.87. The van der Waals surface area contributed by atoms with Gasteiger partial charge in [0.2, 0.25) is 0 Å². The number of fused-ring (bicyclic) bond motifs is 3. The third kappa shape index (κ3) is 2.34. The quantitative estimate of drug-likeness (QED) is 0.843. The molecular weight excluding hydrogens is 272 g/mol. The standard InChI is InChI=1S/C19H24N2O/c1-20-17-4-3-5-18(20)13-21(12-17)16-8-6-15-11-19(22-2)9-7-14(15)10-16/h6-11,17-18H,3-5,12-13H2,1-2H3. The number of piperidine rings is 1. The van der Waals surface area contributed by atoms with Gasteiger partial charge in [0, 0.05) is 30.9 Å². The fraction of sp³-hybridized carbons (Fsp3) is 0.474. The Labute approximate surface area is 132 Å². The Morgan fingerprint density at radius 1 is 0.955 bits per heavy atom. The van der Waals surface area contributed by atoms with Crippen LogP contribution in [0.4, 0.5) is 5.69 Å². The molecule has 0 N–H and O–H groups in total. The summed E-state index contributed by atoms with van der Waals surface area (Å²) in [5, 5.41) is 2.54. The number of likely N-dealkylation sites (N-methyl/N-ethyl adjacent to an activating group) is 1. The van der Waals surface area contributed by atoms with Crippen LogP contribution >= 0.6 is 0 Å². The molecule has 0 spiro atoms. The van der Waals surface area contributed by atoms with Crippen molar-refractivity contribution in [1.29, 1.82) is 0 Å². The van der Waals surface area contributed by atoms with Crippen molar-refractivity contribution < 1.29 is 4.74 Å². The molecule has 2 aromatic rings. The Morgan fingerprint density at radius 3 is 2.36 bits per heavy atom. The van der Waals surface area contributed by atoms with Crippen molar-refractivity contribution in [3.63, 3.8) is 0 Å². The van der Waals surface area contributed by atoms with E-state index in [-0.39, 0.29) is 0 Å². The second-order valence-corrected chi connectivity index (χ2v) is 6.71. The smallest absolute Gasteiger partial charge is 0.119 e. The number of rotatable bonds is 2. The molecule has 0 aliphatic carbocycles. The zero-order valence-corrected chi connectivity index (χ0v) is 13.5. The van der Waals surface area contributed by atoms with Crippen LogP contribution in [0.25, 0.3) is 10.8 Å². The van der Waals surface area contributed by atoms with Crippen molar-refractivity contribution in [3.05, 3.63) is 36.4 Å². The third-order valence-corrected chi connectivity index (χ3v) is 5.49. The van der Waals surface area contributed by atoms with E-state index in [4.69, 9.17) is 4.74 Å². The SMILES string of the molecule is COc1ccc2cc(N3CC4CCCC(C3)N4C)ccc2c1. The summed E-state index contributed by atoms with van der Waals surface area (Å²) in [6, 6.07) is 14.6. The molecule has 0 radical (unpaired) electrons. The topological polar surface area (TPSA) is 15.7 Å². The van der Waals surface area contributed by atoms with Crippen LogP contribution in [0, 0.1) is 0 Å². The number of anilines is 1. The summed E-state index contributed by atoms with van der Waals surface area (Å²) in [6.45, 7) is 2.32. The fourth-order valence-electron chi connectivity index (χ4n) is 4.06. The molecule has 2 atom stereocenters. The van der Waals surface area contributed by atoms with Crippen molar-refractivity contribution in [3.8, 4) is 5.75 Å². The molecule has 2 aromatic carbocycles. The number of nitrogens with zero attached hydrogens (tertiary/aromatic N) is 2. The van der Waals surface area contributed by atoms with Crippen LogP contribution < -0.4 is 9.64 Å². The summed E-state index contributed by atoms with van der Waals surface area (Å²) < 4.78 is 5.31. The zero-order valence-electron chi connectivity index (χ0n) is 13.5. The maximum Gasteiger partial charge on any atom is 0.119 e. The Morgan fingerprint density at radius 2 is 1.64 bits per heavy atom. The molecule has 2 aliphatic rings. The average molecular weight is 296 g/mol. The molecule has 2 fully saturated rings. The first kappa shape index (κ1) is 13.9. The molecule has 116 valence electrons. The third-order valence-electron chi connectivity index (χ3n) is 5.49. The summed E-state index contributed by atoms with van der Waals surface area (Å²) >= 11 is 0. The van der Waals surface area contributed by atoms with Gasteiger partial charge in [-0.3, -0.25) is 4.90 Å². The maximum absolute atomic E-state index is 5.31. The van der Waals surface area contributed by atoms with Crippen LogP contribution in [0.3, 0.4) is 0 Å². The van der Waals surface area contributed by atoms with Gasteiger partial charge in [-0.05, 0) is 54.9 Å². The Hall–Kier alpha value is -1.74. The van der Waals surface area contributed by atoms with E-state index in [0.717, 1.165) is 30.9 Å². The molecular formula is C19H24N2O. The Bertz CT molecular complexity index is 670. The van der Waals surface area contributed by atoms with E-state index in [2.05, 4.69) is 47.2 Å². The summed E-state index contributed by atoms with van der Waals surface area (Å²) in [5.41, 5.74) is 1.36. The number of methoxy groups -OCH3 is 1. The summed E-state index contributed by atoms with van der Waals surface area (Å²) in [5.74, 6) is 0.925. The largest absolute Gasteiger partial charge is 0.497 e. The highest BCUT2D eigenvalue weighted by atomic mass is 16.5. The monoisotopic (exact) mass is 296 g/mol. The van der Waals surface area contributed by atoms with E-state index >= 15 is 0 Å². The lowest BCUT2D eigenvalue weighted by Gasteiger charge is -2.49. The van der Waals surface area contributed by atoms with E-state index in [1.54, 1.807) is 7.11 Å². The zero-order chi connectivity index (χ0) is 15.1. The first-order chi connectivity index (χ1) is 10.7. The highest BCUT2D eigenvalue weighted by Crippen LogP contribution is 2.32. The highest BCUT2D eigenvalue weighted by Gasteiger charge is 2.34. The summed E-state index contributed by atoms with van der Waals surface area (Å²) in [6.07, 6.45) is 4.08. The van der Waals surface area contributed by atoms with Crippen LogP contribution in [-0.2, 0) is 0 Å². The normalized spacial score (nSPS) is 25.5. The molecule has 22 heavy (non-hydrogen) atoms. The van der Waals surface area contributed by atoms with Crippen LogP contribution in [0.2, 0.25) is 0 Å². The van der Waals surface area contributed by atoms with Crippen LogP contribution in [0.15, 0.2) is 36.4 Å².